The van der Waals surface area contributed by atoms with Crippen LogP contribution in [0.25, 0.3) is 0 Å². The molecule has 2 aliphatic rings. The van der Waals surface area contributed by atoms with Crippen LogP contribution in [0.3, 0.4) is 0 Å². The maximum absolute atomic E-state index is 13.7. The van der Waals surface area contributed by atoms with Gasteiger partial charge in [-0.1, -0.05) is 49.6 Å². The molecule has 1 aliphatic carbocycles. The Kier molecular flexibility index (Phi) is 8.27. The smallest absolute Gasteiger partial charge is 0.230 e. The second-order valence-corrected chi connectivity index (χ2v) is 9.48. The highest BCUT2D eigenvalue weighted by Gasteiger charge is 2.35. The first-order chi connectivity index (χ1) is 16.2. The number of anilines is 1. The molecule has 0 aromatic heterocycles. The molecule has 1 unspecified atom stereocenters. The van der Waals surface area contributed by atoms with E-state index in [0.717, 1.165) is 62.4 Å². The average Bonchev–Trinajstić information content (AvgIpc) is 2.87. The van der Waals surface area contributed by atoms with E-state index in [1.54, 1.807) is 7.11 Å². The summed E-state index contributed by atoms with van der Waals surface area (Å²) in [4.78, 5) is 18.2. The Bertz CT molecular complexity index is 910. The van der Waals surface area contributed by atoms with Crippen LogP contribution < -0.4 is 14.4 Å². The maximum atomic E-state index is 13.7. The summed E-state index contributed by atoms with van der Waals surface area (Å²) in [6.07, 6.45) is 8.71. The molecule has 1 atom stereocenters. The second kappa shape index (κ2) is 11.6. The molecule has 1 amide bonds. The normalized spacial score (nSPS) is 18.8. The molecular weight excluding hydrogens is 412 g/mol. The minimum Gasteiger partial charge on any atom is -0.493 e. The zero-order valence-corrected chi connectivity index (χ0v) is 20.2. The quantitative estimate of drug-likeness (QED) is 0.485. The van der Waals surface area contributed by atoms with Crippen LogP contribution in [0.2, 0.25) is 0 Å². The first-order valence-corrected chi connectivity index (χ1v) is 12.5. The summed E-state index contributed by atoms with van der Waals surface area (Å²) in [5, 5.41) is 0. The molecule has 0 saturated heterocycles. The Hall–Kier alpha value is -2.53. The molecule has 4 rings (SSSR count). The van der Waals surface area contributed by atoms with Gasteiger partial charge in [-0.3, -0.25) is 4.79 Å². The van der Waals surface area contributed by atoms with Crippen molar-refractivity contribution in [3.05, 3.63) is 54.1 Å². The number of benzene rings is 2. The number of methoxy groups -OCH3 is 1. The number of aryl methyl sites for hydroxylation is 1. The topological polar surface area (TPSA) is 42.0 Å². The Balaban J connectivity index is 1.35. The van der Waals surface area contributed by atoms with Gasteiger partial charge in [-0.15, -0.1) is 0 Å². The van der Waals surface area contributed by atoms with Crippen LogP contribution in [0, 0.1) is 5.92 Å². The highest BCUT2D eigenvalue weighted by molar-refractivity contribution is 5.97. The molecule has 0 radical (unpaired) electrons. The number of carbonyl (C=O) groups excluding carboxylic acids is 1. The van der Waals surface area contributed by atoms with Gasteiger partial charge in [-0.2, -0.15) is 0 Å². The van der Waals surface area contributed by atoms with Crippen LogP contribution in [0.15, 0.2) is 48.5 Å². The van der Waals surface area contributed by atoms with Gasteiger partial charge in [0.05, 0.1) is 13.7 Å². The fraction of sp³-hybridized carbons (Fsp3) is 0.536. The molecule has 1 fully saturated rings. The van der Waals surface area contributed by atoms with E-state index in [4.69, 9.17) is 9.47 Å². The predicted molar refractivity (Wildman–Crippen MR) is 133 cm³/mol. The minimum atomic E-state index is 0.187. The lowest BCUT2D eigenvalue weighted by Crippen LogP contribution is -2.51. The van der Waals surface area contributed by atoms with E-state index in [0.29, 0.717) is 12.5 Å². The number of amides is 1. The molecule has 0 bridgehead atoms. The van der Waals surface area contributed by atoms with E-state index in [2.05, 4.69) is 41.1 Å². The Morgan fingerprint density at radius 1 is 1.00 bits per heavy atom. The molecule has 5 nitrogen and oxygen atoms in total. The predicted octanol–water partition coefficient (Wildman–Crippen LogP) is 5.32. The number of rotatable bonds is 9. The largest absolute Gasteiger partial charge is 0.493 e. The number of nitrogens with zero attached hydrogens (tertiary/aromatic N) is 2. The molecule has 0 N–H and O–H groups in total. The number of fused-ring (bicyclic) bond motifs is 1. The number of para-hydroxylation sites is 3. The third-order valence-corrected chi connectivity index (χ3v) is 7.09. The average molecular weight is 451 g/mol. The van der Waals surface area contributed by atoms with Crippen molar-refractivity contribution in [1.82, 2.24) is 4.90 Å². The van der Waals surface area contributed by atoms with E-state index >= 15 is 0 Å². The lowest BCUT2D eigenvalue weighted by Gasteiger charge is -2.41. The van der Waals surface area contributed by atoms with Crippen molar-refractivity contribution >= 4 is 11.6 Å². The van der Waals surface area contributed by atoms with Crippen LogP contribution in [0.4, 0.5) is 5.69 Å². The molecule has 1 heterocycles. The summed E-state index contributed by atoms with van der Waals surface area (Å²) >= 11 is 0. The Labute approximate surface area is 198 Å². The summed E-state index contributed by atoms with van der Waals surface area (Å²) < 4.78 is 11.3. The molecule has 2 aromatic rings. The molecule has 2 aromatic carbocycles. The van der Waals surface area contributed by atoms with Crippen molar-refractivity contribution in [3.8, 4) is 11.5 Å². The van der Waals surface area contributed by atoms with Crippen LogP contribution >= 0.6 is 0 Å². The van der Waals surface area contributed by atoms with Gasteiger partial charge < -0.3 is 19.3 Å². The van der Waals surface area contributed by atoms with Gasteiger partial charge in [-0.05, 0) is 62.9 Å². The monoisotopic (exact) mass is 450 g/mol. The molecule has 1 aliphatic heterocycles. The fourth-order valence-corrected chi connectivity index (χ4v) is 5.33. The first kappa shape index (κ1) is 23.6. The number of hydrogen-bond donors (Lipinski definition) is 0. The molecule has 1 saturated carbocycles. The summed E-state index contributed by atoms with van der Waals surface area (Å²) in [6, 6.07) is 16.5. The lowest BCUT2D eigenvalue weighted by molar-refractivity contribution is -0.124. The van der Waals surface area contributed by atoms with E-state index in [-0.39, 0.29) is 12.0 Å². The molecule has 178 valence electrons. The zero-order chi connectivity index (χ0) is 23.0. The number of carbonyl (C=O) groups is 1. The van der Waals surface area contributed by atoms with E-state index in [9.17, 15) is 4.79 Å². The standard InChI is InChI=1S/C28H38N2O3/c1-29(19-10-20-33-27-16-9-8-15-26(27)32-2)21-24-18-17-22-11-6-7-14-25(22)30(24)28(31)23-12-4-3-5-13-23/h6-9,11,14-16,23-24H,3-5,10,12-13,17-21H2,1-2H3. The second-order valence-electron chi connectivity index (χ2n) is 9.48. The van der Waals surface area contributed by atoms with Gasteiger partial charge in [0.2, 0.25) is 5.91 Å². The van der Waals surface area contributed by atoms with E-state index in [1.165, 1.54) is 24.8 Å². The summed E-state index contributed by atoms with van der Waals surface area (Å²) in [5.41, 5.74) is 2.45. The van der Waals surface area contributed by atoms with Crippen LogP contribution in [0.5, 0.6) is 11.5 Å². The summed E-state index contributed by atoms with van der Waals surface area (Å²) in [6.45, 7) is 2.46. The van der Waals surface area contributed by atoms with E-state index in [1.807, 2.05) is 24.3 Å². The molecule has 33 heavy (non-hydrogen) atoms. The highest BCUT2D eigenvalue weighted by atomic mass is 16.5. The van der Waals surface area contributed by atoms with Crippen molar-refractivity contribution in [2.45, 2.75) is 57.4 Å². The maximum Gasteiger partial charge on any atom is 0.230 e. The SMILES string of the molecule is COc1ccccc1OCCCN(C)CC1CCc2ccccc2N1C(=O)C1CCCCC1. The lowest BCUT2D eigenvalue weighted by atomic mass is 9.86. The fourth-order valence-electron chi connectivity index (χ4n) is 5.33. The molecule has 5 heteroatoms. The van der Waals surface area contributed by atoms with Crippen LogP contribution in [-0.4, -0.2) is 50.7 Å². The zero-order valence-electron chi connectivity index (χ0n) is 20.2. The highest BCUT2D eigenvalue weighted by Crippen LogP contribution is 2.35. The van der Waals surface area contributed by atoms with Gasteiger partial charge >= 0.3 is 0 Å². The van der Waals surface area contributed by atoms with Gasteiger partial charge in [0.1, 0.15) is 0 Å². The van der Waals surface area contributed by atoms with Crippen molar-refractivity contribution in [3.63, 3.8) is 0 Å². The van der Waals surface area contributed by atoms with Crippen molar-refractivity contribution < 1.29 is 14.3 Å². The number of likely N-dealkylation sites (N-methyl/N-ethyl adjacent to an activating group) is 1. The third-order valence-electron chi connectivity index (χ3n) is 7.09. The van der Waals surface area contributed by atoms with Gasteiger partial charge in [0.15, 0.2) is 11.5 Å². The van der Waals surface area contributed by atoms with Crippen molar-refractivity contribution in [2.24, 2.45) is 5.92 Å². The first-order valence-electron chi connectivity index (χ1n) is 12.5. The third kappa shape index (κ3) is 5.89. The number of ether oxygens (including phenoxy) is 2. The Morgan fingerprint density at radius 2 is 1.73 bits per heavy atom. The molecule has 0 spiro atoms. The summed E-state index contributed by atoms with van der Waals surface area (Å²) in [7, 11) is 3.82. The van der Waals surface area contributed by atoms with Crippen molar-refractivity contribution in [2.75, 3.05) is 38.8 Å². The van der Waals surface area contributed by atoms with Gasteiger partial charge in [0.25, 0.3) is 0 Å². The van der Waals surface area contributed by atoms with E-state index < -0.39 is 0 Å². The van der Waals surface area contributed by atoms with Gasteiger partial charge in [0, 0.05) is 30.7 Å². The van der Waals surface area contributed by atoms with Gasteiger partial charge in [-0.25, -0.2) is 0 Å². The number of hydrogen-bond acceptors (Lipinski definition) is 4. The Morgan fingerprint density at radius 3 is 2.52 bits per heavy atom. The molecular formula is C28H38N2O3. The van der Waals surface area contributed by atoms with Crippen LogP contribution in [-0.2, 0) is 11.2 Å². The van der Waals surface area contributed by atoms with Crippen LogP contribution in [0.1, 0.15) is 50.5 Å². The minimum absolute atomic E-state index is 0.187. The van der Waals surface area contributed by atoms with Crippen molar-refractivity contribution in [1.29, 1.82) is 0 Å². The summed E-state index contributed by atoms with van der Waals surface area (Å²) in [5.74, 6) is 2.09.